The van der Waals surface area contributed by atoms with Gasteiger partial charge in [0.1, 0.15) is 0 Å². The molecule has 0 aromatic heterocycles. The van der Waals surface area contributed by atoms with Crippen molar-refractivity contribution >= 4 is 5.97 Å². The Labute approximate surface area is 172 Å². The van der Waals surface area contributed by atoms with Crippen LogP contribution in [0.4, 0.5) is 0 Å². The summed E-state index contributed by atoms with van der Waals surface area (Å²) in [6, 6.07) is 8.40. The molecule has 5 fully saturated rings. The molecule has 156 valence electrons. The van der Waals surface area contributed by atoms with Crippen LogP contribution in [0.25, 0.3) is 0 Å². The lowest BCUT2D eigenvalue weighted by atomic mass is 9.53. The summed E-state index contributed by atoms with van der Waals surface area (Å²) < 4.78 is 12.3. The van der Waals surface area contributed by atoms with Crippen LogP contribution in [-0.4, -0.2) is 24.5 Å². The highest BCUT2D eigenvalue weighted by molar-refractivity contribution is 5.65. The molecule has 0 radical (unpaired) electrons. The Morgan fingerprint density at radius 1 is 1.07 bits per heavy atom. The number of benzene rings is 1. The summed E-state index contributed by atoms with van der Waals surface area (Å²) in [4.78, 5) is 24.2. The van der Waals surface area contributed by atoms with Gasteiger partial charge in [-0.15, -0.1) is 0 Å². The van der Waals surface area contributed by atoms with E-state index in [0.717, 1.165) is 30.2 Å². The Hall–Kier alpha value is -1.43. The largest absolute Gasteiger partial charge is 0.466 e. The molecule has 1 aromatic carbocycles. The predicted molar refractivity (Wildman–Crippen MR) is 105 cm³/mol. The van der Waals surface area contributed by atoms with Crippen molar-refractivity contribution in [2.24, 2.45) is 23.7 Å². The Bertz CT molecular complexity index is 791. The van der Waals surface area contributed by atoms with Gasteiger partial charge in [0.2, 0.25) is 5.79 Å². The lowest BCUT2D eigenvalue weighted by molar-refractivity contribution is -0.567. The molecule has 1 aliphatic heterocycles. The smallest absolute Gasteiger partial charge is 0.302 e. The molecular formula is C24H30O5. The number of hydrogen-bond donors (Lipinski definition) is 0. The Morgan fingerprint density at radius 3 is 2.52 bits per heavy atom. The molecule has 29 heavy (non-hydrogen) atoms. The van der Waals surface area contributed by atoms with Crippen LogP contribution >= 0.6 is 0 Å². The van der Waals surface area contributed by atoms with Crippen molar-refractivity contribution in [3.8, 4) is 0 Å². The molecule has 1 saturated heterocycles. The normalized spacial score (nSPS) is 44.4. The molecule has 5 nitrogen and oxygen atoms in total. The lowest BCUT2D eigenvalue weighted by Gasteiger charge is -2.63. The minimum atomic E-state index is -0.704. The van der Waals surface area contributed by atoms with Crippen LogP contribution in [0.15, 0.2) is 24.3 Å². The number of hydrogen-bond acceptors (Lipinski definition) is 5. The lowest BCUT2D eigenvalue weighted by Crippen LogP contribution is -2.67. The van der Waals surface area contributed by atoms with Gasteiger partial charge >= 0.3 is 5.97 Å². The molecule has 0 amide bonds. The number of ether oxygens (including phenoxy) is 2. The van der Waals surface area contributed by atoms with Crippen molar-refractivity contribution in [3.05, 3.63) is 35.4 Å². The van der Waals surface area contributed by atoms with Crippen molar-refractivity contribution in [3.63, 3.8) is 0 Å². The molecule has 2 atom stereocenters. The zero-order valence-corrected chi connectivity index (χ0v) is 17.1. The molecule has 7 rings (SSSR count). The van der Waals surface area contributed by atoms with Gasteiger partial charge in [-0.25, -0.2) is 4.89 Å². The summed E-state index contributed by atoms with van der Waals surface area (Å²) in [6.07, 6.45) is 8.60. The van der Waals surface area contributed by atoms with E-state index in [0.29, 0.717) is 24.9 Å². The highest BCUT2D eigenvalue weighted by Gasteiger charge is 2.66. The fraction of sp³-hybridized carbons (Fsp3) is 0.708. The first-order valence-electron chi connectivity index (χ1n) is 11.4. The van der Waals surface area contributed by atoms with E-state index in [2.05, 4.69) is 18.2 Å². The number of fused-ring (bicyclic) bond motifs is 3. The second-order valence-electron chi connectivity index (χ2n) is 9.97. The maximum absolute atomic E-state index is 11.4. The molecular weight excluding hydrogens is 368 g/mol. The van der Waals surface area contributed by atoms with Crippen molar-refractivity contribution in [1.82, 2.24) is 0 Å². The van der Waals surface area contributed by atoms with Crippen LogP contribution in [0.5, 0.6) is 0 Å². The first kappa shape index (κ1) is 18.3. The van der Waals surface area contributed by atoms with Crippen LogP contribution in [0.1, 0.15) is 63.0 Å². The van der Waals surface area contributed by atoms with Gasteiger partial charge in [0.05, 0.1) is 12.7 Å². The number of carbonyl (C=O) groups is 1. The van der Waals surface area contributed by atoms with Gasteiger partial charge in [-0.05, 0) is 67.9 Å². The Balaban J connectivity index is 1.34. The van der Waals surface area contributed by atoms with Crippen molar-refractivity contribution in [1.29, 1.82) is 0 Å². The van der Waals surface area contributed by atoms with E-state index in [4.69, 9.17) is 19.2 Å². The fourth-order valence-electron chi connectivity index (χ4n) is 7.33. The third-order valence-electron chi connectivity index (χ3n) is 8.37. The third-order valence-corrected chi connectivity index (χ3v) is 8.37. The molecule has 1 spiro atoms. The second kappa shape index (κ2) is 6.53. The van der Waals surface area contributed by atoms with E-state index >= 15 is 0 Å². The Kier molecular flexibility index (Phi) is 4.13. The second-order valence-corrected chi connectivity index (χ2v) is 9.97. The molecule has 0 N–H and O–H groups in total. The van der Waals surface area contributed by atoms with Gasteiger partial charge in [0, 0.05) is 25.2 Å². The average Bonchev–Trinajstić information content (AvgIpc) is 2.71. The third kappa shape index (κ3) is 2.67. The number of aryl methyl sites for hydroxylation is 1. The highest BCUT2D eigenvalue weighted by Crippen LogP contribution is 2.63. The van der Waals surface area contributed by atoms with E-state index < -0.39 is 11.4 Å². The summed E-state index contributed by atoms with van der Waals surface area (Å²) in [7, 11) is 0. The molecule has 1 heterocycles. The fourth-order valence-corrected chi connectivity index (χ4v) is 7.33. The van der Waals surface area contributed by atoms with Crippen molar-refractivity contribution in [2.45, 2.75) is 75.8 Å². The summed E-state index contributed by atoms with van der Waals surface area (Å²) >= 11 is 0. The first-order valence-corrected chi connectivity index (χ1v) is 11.4. The summed E-state index contributed by atoms with van der Waals surface area (Å²) in [5.41, 5.74) is 1.70. The first-order chi connectivity index (χ1) is 14.1. The van der Waals surface area contributed by atoms with Crippen molar-refractivity contribution < 1.29 is 24.0 Å². The van der Waals surface area contributed by atoms with Crippen molar-refractivity contribution in [2.75, 3.05) is 6.61 Å². The molecule has 4 saturated carbocycles. The molecule has 4 bridgehead atoms. The predicted octanol–water partition coefficient (Wildman–Crippen LogP) is 4.28. The topological polar surface area (TPSA) is 54.0 Å². The molecule has 5 aliphatic carbocycles. The van der Waals surface area contributed by atoms with Gasteiger partial charge in [-0.3, -0.25) is 4.79 Å². The highest BCUT2D eigenvalue weighted by atomic mass is 17.3. The van der Waals surface area contributed by atoms with Gasteiger partial charge in [0.15, 0.2) is 5.60 Å². The van der Waals surface area contributed by atoms with Crippen LogP contribution in [0, 0.1) is 23.7 Å². The molecule has 1 aromatic rings. The molecule has 6 aliphatic rings. The van der Waals surface area contributed by atoms with Crippen LogP contribution in [0.3, 0.4) is 0 Å². The summed E-state index contributed by atoms with van der Waals surface area (Å²) in [5.74, 6) is 1.74. The number of rotatable bonds is 3. The van der Waals surface area contributed by atoms with Crippen LogP contribution in [0.2, 0.25) is 0 Å². The quantitative estimate of drug-likeness (QED) is 0.562. The number of carbonyl (C=O) groups excluding carboxylic acids is 1. The van der Waals surface area contributed by atoms with Gasteiger partial charge in [-0.2, -0.15) is 4.89 Å². The zero-order chi connectivity index (χ0) is 19.6. The number of esters is 1. The minimum absolute atomic E-state index is 0.0702. The monoisotopic (exact) mass is 398 g/mol. The van der Waals surface area contributed by atoms with Crippen LogP contribution < -0.4 is 0 Å². The maximum Gasteiger partial charge on any atom is 0.302 e. The maximum atomic E-state index is 11.4. The molecule has 0 unspecified atom stereocenters. The van der Waals surface area contributed by atoms with Gasteiger partial charge in [-0.1, -0.05) is 24.3 Å². The molecule has 5 heteroatoms. The van der Waals surface area contributed by atoms with E-state index in [1.165, 1.54) is 44.6 Å². The van der Waals surface area contributed by atoms with E-state index in [1.807, 2.05) is 6.07 Å². The van der Waals surface area contributed by atoms with E-state index in [-0.39, 0.29) is 12.1 Å². The standard InChI is InChI=1S/C24H30O5/c1-15(25)26-9-8-23-21-5-3-2-4-18(21)6-7-22(23)27-24(29-28-23)19-11-16-10-17(13-19)14-20(24)12-16/h2-5,16-17,19-20,22H,6-14H2,1H3/t16?,17?,19?,20?,22-,23+,24?/m1/s1. The summed E-state index contributed by atoms with van der Waals surface area (Å²) in [5, 5.41) is 0. The Morgan fingerprint density at radius 2 is 1.79 bits per heavy atom. The minimum Gasteiger partial charge on any atom is -0.466 e. The van der Waals surface area contributed by atoms with Gasteiger partial charge < -0.3 is 9.47 Å². The summed E-state index contributed by atoms with van der Waals surface area (Å²) in [6.45, 7) is 1.75. The zero-order valence-electron chi connectivity index (χ0n) is 17.1. The van der Waals surface area contributed by atoms with E-state index in [1.54, 1.807) is 0 Å². The average molecular weight is 398 g/mol. The SMILES string of the molecule is CC(=O)OCC[C@@]12OOC3(O[C@@H]1CCc1ccccc12)C1CC2CC(C1)CC3C2. The van der Waals surface area contributed by atoms with Crippen LogP contribution in [-0.2, 0) is 36.1 Å². The van der Waals surface area contributed by atoms with E-state index in [9.17, 15) is 4.79 Å². The van der Waals surface area contributed by atoms with Gasteiger partial charge in [0.25, 0.3) is 0 Å².